The van der Waals surface area contributed by atoms with Crippen molar-refractivity contribution in [1.82, 2.24) is 0 Å². The van der Waals surface area contributed by atoms with Crippen molar-refractivity contribution >= 4 is 72.5 Å². The predicted molar refractivity (Wildman–Crippen MR) is 366 cm³/mol. The number of hydrogen-bond acceptors (Lipinski definition) is 3. The Morgan fingerprint density at radius 2 is 0.693 bits per heavy atom. The van der Waals surface area contributed by atoms with Crippen molar-refractivity contribution in [3.63, 3.8) is 0 Å². The second kappa shape index (κ2) is 20.3. The van der Waals surface area contributed by atoms with Crippen LogP contribution in [0.15, 0.2) is 312 Å². The van der Waals surface area contributed by atoms with Crippen LogP contribution in [0, 0.1) is 0 Å². The van der Waals surface area contributed by atoms with E-state index in [9.17, 15) is 0 Å². The maximum Gasteiger partial charge on any atom is 0.135 e. The van der Waals surface area contributed by atoms with E-state index in [0.717, 1.165) is 55.3 Å². The average molecular weight is 1150 g/mol. The van der Waals surface area contributed by atoms with E-state index < -0.39 is 10.8 Å². The second-order valence-electron chi connectivity index (χ2n) is 23.8. The molecule has 0 atom stereocenters. The Labute approximate surface area is 518 Å². The molecule has 3 aliphatic rings. The first-order valence-corrected chi connectivity index (χ1v) is 30.4. The monoisotopic (exact) mass is 1150 g/mol. The largest absolute Gasteiger partial charge is 0.456 e. The summed E-state index contributed by atoms with van der Waals surface area (Å²) >= 11 is 6.46. The number of halogens is 1. The van der Waals surface area contributed by atoms with E-state index in [0.29, 0.717) is 5.02 Å². The summed E-state index contributed by atoms with van der Waals surface area (Å²) in [7, 11) is 0. The molecule has 0 radical (unpaired) electrons. The van der Waals surface area contributed by atoms with Gasteiger partial charge in [0.25, 0.3) is 0 Å². The fourth-order valence-electron chi connectivity index (χ4n) is 15.7. The topological polar surface area (TPSA) is 29.5 Å². The van der Waals surface area contributed by atoms with Crippen LogP contribution in [0.2, 0.25) is 5.02 Å². The molecule has 2 aromatic heterocycles. The molecule has 0 amide bonds. The number of rotatable bonds is 7. The van der Waals surface area contributed by atoms with Gasteiger partial charge >= 0.3 is 0 Å². The van der Waals surface area contributed by atoms with Crippen LogP contribution in [0.25, 0.3) is 77.3 Å². The number of benzene rings is 13. The van der Waals surface area contributed by atoms with Gasteiger partial charge in [-0.15, -0.1) is 0 Å². The van der Waals surface area contributed by atoms with E-state index >= 15 is 0 Å². The van der Waals surface area contributed by atoms with E-state index in [1.807, 2.05) is 18.2 Å². The van der Waals surface area contributed by atoms with Gasteiger partial charge in [-0.25, -0.2) is 0 Å². The van der Waals surface area contributed by atoms with E-state index in [1.54, 1.807) is 0 Å². The van der Waals surface area contributed by atoms with Gasteiger partial charge in [-0.1, -0.05) is 269 Å². The fraction of sp³-hybridized carbons (Fsp3) is 0.0714. The molecular weight excluding hydrogens is 1090 g/mol. The van der Waals surface area contributed by atoms with Crippen LogP contribution in [0.1, 0.15) is 76.9 Å². The SMILES string of the molecule is C.CC1(C)c2ccccc2-c2c(N(c3ccccc3)c3ccc4oc5cccc(C6(c7ccccc7)c7ccccc7-c7ccccc76)c5c4c3)cccc21.Clc1ccc2oc3cccc(C4(c5ccccc5)c5ccccc5-c5ccccc54)c3c2c1. The van der Waals surface area contributed by atoms with Gasteiger partial charge in [0.2, 0.25) is 0 Å². The lowest BCUT2D eigenvalue weighted by molar-refractivity contribution is 0.660. The lowest BCUT2D eigenvalue weighted by atomic mass is 9.66. The molecule has 88 heavy (non-hydrogen) atoms. The van der Waals surface area contributed by atoms with Crippen molar-refractivity contribution in [1.29, 1.82) is 0 Å². The number of nitrogens with zero attached hydrogens (tertiary/aromatic N) is 1. The summed E-state index contributed by atoms with van der Waals surface area (Å²) in [6, 6.07) is 109. The highest BCUT2D eigenvalue weighted by Crippen LogP contribution is 2.61. The highest BCUT2D eigenvalue weighted by Gasteiger charge is 2.49. The summed E-state index contributed by atoms with van der Waals surface area (Å²) in [5, 5.41) is 5.11. The summed E-state index contributed by atoms with van der Waals surface area (Å²) in [5.41, 5.74) is 26.3. The number of hydrogen-bond donors (Lipinski definition) is 0. The van der Waals surface area contributed by atoms with Gasteiger partial charge in [0, 0.05) is 48.9 Å². The Hall–Kier alpha value is -10.5. The van der Waals surface area contributed by atoms with E-state index in [1.165, 1.54) is 94.7 Å². The lowest BCUT2D eigenvalue weighted by Gasteiger charge is -2.34. The van der Waals surface area contributed by atoms with E-state index in [2.05, 4.69) is 304 Å². The molecule has 0 unspecified atom stereocenters. The van der Waals surface area contributed by atoms with Crippen LogP contribution in [0.3, 0.4) is 0 Å². The number of fused-ring (bicyclic) bond motifs is 15. The Kier molecular flexibility index (Phi) is 12.3. The third-order valence-corrected chi connectivity index (χ3v) is 19.4. The average Bonchev–Trinajstić information content (AvgIpc) is 1.54. The zero-order chi connectivity index (χ0) is 58.0. The maximum atomic E-state index is 6.78. The van der Waals surface area contributed by atoms with Crippen LogP contribution in [-0.2, 0) is 16.2 Å². The summed E-state index contributed by atoms with van der Waals surface area (Å²) in [6.07, 6.45) is 0. The van der Waals surface area contributed by atoms with Crippen LogP contribution < -0.4 is 4.90 Å². The maximum absolute atomic E-state index is 6.78. The van der Waals surface area contributed by atoms with Gasteiger partial charge in [0.05, 0.1) is 16.5 Å². The van der Waals surface area contributed by atoms with Crippen molar-refractivity contribution < 1.29 is 8.83 Å². The summed E-state index contributed by atoms with van der Waals surface area (Å²) in [4.78, 5) is 2.44. The summed E-state index contributed by atoms with van der Waals surface area (Å²) < 4.78 is 13.1. The van der Waals surface area contributed by atoms with Gasteiger partial charge in [0.1, 0.15) is 22.3 Å². The third-order valence-electron chi connectivity index (χ3n) is 19.2. The molecule has 0 aliphatic heterocycles. The first-order valence-electron chi connectivity index (χ1n) is 30.0. The Morgan fingerprint density at radius 3 is 1.19 bits per heavy atom. The minimum Gasteiger partial charge on any atom is -0.456 e. The molecule has 420 valence electrons. The number of anilines is 3. The smallest absolute Gasteiger partial charge is 0.135 e. The van der Waals surface area contributed by atoms with Crippen LogP contribution in [0.5, 0.6) is 0 Å². The Morgan fingerprint density at radius 1 is 0.307 bits per heavy atom. The minimum absolute atomic E-state index is 0. The predicted octanol–water partition coefficient (Wildman–Crippen LogP) is 23.0. The first kappa shape index (κ1) is 53.1. The number of para-hydroxylation sites is 1. The molecule has 0 saturated carbocycles. The highest BCUT2D eigenvalue weighted by atomic mass is 35.5. The molecule has 3 nitrogen and oxygen atoms in total. The van der Waals surface area contributed by atoms with Crippen LogP contribution >= 0.6 is 11.6 Å². The van der Waals surface area contributed by atoms with Crippen molar-refractivity contribution in [3.05, 3.63) is 364 Å². The van der Waals surface area contributed by atoms with Crippen LogP contribution in [0.4, 0.5) is 17.1 Å². The van der Waals surface area contributed by atoms with E-state index in [-0.39, 0.29) is 12.8 Å². The van der Waals surface area contributed by atoms with Gasteiger partial charge in [0.15, 0.2) is 0 Å². The van der Waals surface area contributed by atoms with Gasteiger partial charge in [-0.3, -0.25) is 0 Å². The molecule has 4 heteroatoms. The van der Waals surface area contributed by atoms with Crippen molar-refractivity contribution in [2.75, 3.05) is 4.90 Å². The molecular formula is C84H60ClNO2. The molecule has 3 aliphatic carbocycles. The molecule has 0 N–H and O–H groups in total. The zero-order valence-corrected chi connectivity index (χ0v) is 48.8. The number of furan rings is 2. The first-order chi connectivity index (χ1) is 42.8. The van der Waals surface area contributed by atoms with Crippen molar-refractivity contribution in [3.8, 4) is 33.4 Å². The molecule has 18 rings (SSSR count). The van der Waals surface area contributed by atoms with Crippen LogP contribution in [-0.4, -0.2) is 0 Å². The quantitative estimate of drug-likeness (QED) is 0.159. The van der Waals surface area contributed by atoms with Crippen molar-refractivity contribution in [2.24, 2.45) is 0 Å². The van der Waals surface area contributed by atoms with Gasteiger partial charge in [-0.2, -0.15) is 0 Å². The molecule has 0 spiro atoms. The zero-order valence-electron chi connectivity index (χ0n) is 48.0. The normalized spacial score (nSPS) is 14.0. The molecule has 0 saturated heterocycles. The Bertz CT molecular complexity index is 5140. The molecule has 2 heterocycles. The summed E-state index contributed by atoms with van der Waals surface area (Å²) in [6.45, 7) is 4.70. The minimum atomic E-state index is -0.546. The van der Waals surface area contributed by atoms with Gasteiger partial charge in [-0.05, 0) is 150 Å². The molecule has 13 aromatic carbocycles. The standard InChI is InChI=1S/C52H37NO.C31H19ClO.CH4/c1-51(2)41-24-12-11-23-39(41)49-44(51)27-15-29-46(49)53(35-19-7-4-8-20-35)36-31-32-47-40(33-36)50-45(28-16-30-48(50)54-47)52(34-17-5-3-6-18-34)42-25-13-9-21-37(42)38-22-10-14-26-43(38)52;32-21-17-18-28-24(19-21)30-27(15-8-16-29(30)33-28)31(20-9-2-1-3-10-20)25-13-6-4-11-22(25)23-12-5-7-14-26(23)31;/h3-33H,1-2H3;1-19H;1H4. The highest BCUT2D eigenvalue weighted by molar-refractivity contribution is 6.32. The Balaban J connectivity index is 0.000000157. The van der Waals surface area contributed by atoms with E-state index in [4.69, 9.17) is 20.4 Å². The molecule has 15 aromatic rings. The van der Waals surface area contributed by atoms with Crippen molar-refractivity contribution in [2.45, 2.75) is 37.5 Å². The third kappa shape index (κ3) is 7.50. The van der Waals surface area contributed by atoms with Gasteiger partial charge < -0.3 is 13.7 Å². The fourth-order valence-corrected chi connectivity index (χ4v) is 15.8. The molecule has 0 bridgehead atoms. The second-order valence-corrected chi connectivity index (χ2v) is 24.3. The summed E-state index contributed by atoms with van der Waals surface area (Å²) in [5.74, 6) is 0. The lowest BCUT2D eigenvalue weighted by Crippen LogP contribution is -2.28. The molecule has 0 fully saturated rings.